The molecule has 0 aromatic heterocycles. The Morgan fingerprint density at radius 1 is 1.50 bits per heavy atom. The molecule has 1 aromatic carbocycles. The third kappa shape index (κ3) is 0.927. The van der Waals surface area contributed by atoms with Crippen LogP contribution in [0.4, 0.5) is 0 Å². The summed E-state index contributed by atoms with van der Waals surface area (Å²) in [4.78, 5) is 5.17. The highest BCUT2D eigenvalue weighted by atomic mass is 35.5. The third-order valence-corrected chi connectivity index (χ3v) is 2.70. The van der Waals surface area contributed by atoms with Crippen molar-refractivity contribution in [2.75, 3.05) is 0 Å². The average Bonchev–Trinajstić information content (AvgIpc) is 2.82. The van der Waals surface area contributed by atoms with Gasteiger partial charge in [-0.05, 0) is 18.2 Å². The lowest BCUT2D eigenvalue weighted by Gasteiger charge is -2.10. The fourth-order valence-corrected chi connectivity index (χ4v) is 1.96. The van der Waals surface area contributed by atoms with Crippen LogP contribution in [0, 0.1) is 0 Å². The van der Waals surface area contributed by atoms with Gasteiger partial charge in [0.1, 0.15) is 5.75 Å². The molecule has 2 heterocycles. The Morgan fingerprint density at radius 3 is 3.33 bits per heavy atom. The summed E-state index contributed by atoms with van der Waals surface area (Å²) in [6.45, 7) is 0. The predicted molar refractivity (Wildman–Crippen MR) is 45.3 cm³/mol. The molecule has 1 fully saturated rings. The maximum absolute atomic E-state index is 5.82. The first-order valence-corrected chi connectivity index (χ1v) is 4.52. The SMILES string of the molecule is Clc1ccc2c(c1)C1ON1SO2. The first-order valence-electron chi connectivity index (χ1n) is 3.45. The Kier molecular flexibility index (Phi) is 1.34. The molecular weight excluding hydrogens is 198 g/mol. The Labute approximate surface area is 78.5 Å². The first-order chi connectivity index (χ1) is 5.84. The van der Waals surface area contributed by atoms with Crippen molar-refractivity contribution in [1.82, 2.24) is 4.47 Å². The minimum absolute atomic E-state index is 0.0393. The van der Waals surface area contributed by atoms with Crippen LogP contribution >= 0.6 is 23.8 Å². The zero-order valence-electron chi connectivity index (χ0n) is 5.86. The van der Waals surface area contributed by atoms with Gasteiger partial charge in [-0.15, -0.1) is 0 Å². The molecule has 0 N–H and O–H groups in total. The van der Waals surface area contributed by atoms with E-state index in [4.69, 9.17) is 20.6 Å². The second-order valence-corrected chi connectivity index (χ2v) is 3.70. The average molecular weight is 202 g/mol. The summed E-state index contributed by atoms with van der Waals surface area (Å²) >= 11 is 7.03. The summed E-state index contributed by atoms with van der Waals surface area (Å²) in [7, 11) is 0. The van der Waals surface area contributed by atoms with Gasteiger partial charge in [-0.1, -0.05) is 16.1 Å². The van der Waals surface area contributed by atoms with Crippen LogP contribution in [0.3, 0.4) is 0 Å². The topological polar surface area (TPSA) is 24.8 Å². The normalized spacial score (nSPS) is 30.1. The van der Waals surface area contributed by atoms with E-state index in [-0.39, 0.29) is 6.23 Å². The number of halogens is 1. The molecular formula is C7H4ClNO2S. The van der Waals surface area contributed by atoms with E-state index in [0.717, 1.165) is 11.3 Å². The minimum atomic E-state index is 0.0393. The van der Waals surface area contributed by atoms with Crippen molar-refractivity contribution in [2.24, 2.45) is 0 Å². The highest BCUT2D eigenvalue weighted by molar-refractivity contribution is 7.92. The number of nitrogens with zero attached hydrogens (tertiary/aromatic N) is 1. The Bertz CT molecular complexity index is 346. The molecule has 3 nitrogen and oxygen atoms in total. The van der Waals surface area contributed by atoms with E-state index in [0.29, 0.717) is 5.02 Å². The van der Waals surface area contributed by atoms with Gasteiger partial charge in [-0.3, -0.25) is 4.84 Å². The standard InChI is InChI=1S/C7H4ClNO2S/c8-4-1-2-6-5(3-4)7-9(10-7)12-11-6/h1-3,7H. The van der Waals surface area contributed by atoms with Gasteiger partial charge in [0.2, 0.25) is 0 Å². The van der Waals surface area contributed by atoms with Gasteiger partial charge in [0, 0.05) is 10.6 Å². The fourth-order valence-electron chi connectivity index (χ4n) is 1.16. The Hall–Kier alpha value is -0.420. The fraction of sp³-hybridized carbons (Fsp3) is 0.143. The maximum atomic E-state index is 5.82. The van der Waals surface area contributed by atoms with Crippen LogP contribution in [0.1, 0.15) is 11.8 Å². The van der Waals surface area contributed by atoms with Gasteiger partial charge < -0.3 is 4.18 Å². The van der Waals surface area contributed by atoms with Crippen molar-refractivity contribution in [1.29, 1.82) is 0 Å². The number of benzene rings is 1. The van der Waals surface area contributed by atoms with Crippen molar-refractivity contribution in [3.05, 3.63) is 28.8 Å². The van der Waals surface area contributed by atoms with Crippen LogP contribution in [0.2, 0.25) is 5.02 Å². The molecule has 1 aromatic rings. The lowest BCUT2D eigenvalue weighted by molar-refractivity contribution is 0.297. The third-order valence-electron chi connectivity index (χ3n) is 1.79. The molecule has 0 spiro atoms. The van der Waals surface area contributed by atoms with Gasteiger partial charge in [-0.2, -0.15) is 0 Å². The molecule has 0 saturated carbocycles. The van der Waals surface area contributed by atoms with E-state index in [1.807, 2.05) is 12.1 Å². The van der Waals surface area contributed by atoms with Crippen LogP contribution in [-0.4, -0.2) is 4.47 Å². The largest absolute Gasteiger partial charge is 0.407 e. The van der Waals surface area contributed by atoms with Crippen molar-refractivity contribution in [3.63, 3.8) is 0 Å². The van der Waals surface area contributed by atoms with E-state index in [9.17, 15) is 0 Å². The zero-order chi connectivity index (χ0) is 8.13. The van der Waals surface area contributed by atoms with E-state index in [1.165, 1.54) is 12.2 Å². The lowest BCUT2D eigenvalue weighted by Crippen LogP contribution is -2.00. The van der Waals surface area contributed by atoms with Crippen LogP contribution < -0.4 is 4.18 Å². The van der Waals surface area contributed by atoms with Gasteiger partial charge in [0.05, 0.1) is 0 Å². The summed E-state index contributed by atoms with van der Waals surface area (Å²) in [5.41, 5.74) is 1.00. The Morgan fingerprint density at radius 2 is 2.42 bits per heavy atom. The van der Waals surface area contributed by atoms with Crippen LogP contribution in [0.25, 0.3) is 0 Å². The van der Waals surface area contributed by atoms with Crippen molar-refractivity contribution < 1.29 is 9.02 Å². The Balaban J connectivity index is 2.14. The molecule has 2 atom stereocenters. The number of hydroxylamine groups is 1. The molecule has 2 aliphatic heterocycles. The molecule has 0 amide bonds. The monoisotopic (exact) mass is 201 g/mol. The lowest BCUT2D eigenvalue weighted by atomic mass is 10.2. The number of hydrogen-bond acceptors (Lipinski definition) is 4. The minimum Gasteiger partial charge on any atom is -0.407 e. The van der Waals surface area contributed by atoms with Gasteiger partial charge in [0.25, 0.3) is 0 Å². The van der Waals surface area contributed by atoms with E-state index < -0.39 is 0 Å². The molecule has 3 rings (SSSR count). The molecule has 62 valence electrons. The summed E-state index contributed by atoms with van der Waals surface area (Å²) in [5, 5.41) is 0.708. The van der Waals surface area contributed by atoms with Crippen molar-refractivity contribution >= 4 is 23.8 Å². The van der Waals surface area contributed by atoms with Crippen LogP contribution in [0.5, 0.6) is 5.75 Å². The second kappa shape index (κ2) is 2.29. The molecule has 2 aliphatic rings. The quantitative estimate of drug-likeness (QED) is 0.366. The van der Waals surface area contributed by atoms with Gasteiger partial charge in [-0.25, -0.2) is 0 Å². The van der Waals surface area contributed by atoms with Crippen molar-refractivity contribution in [3.8, 4) is 5.75 Å². The van der Waals surface area contributed by atoms with Gasteiger partial charge in [0.15, 0.2) is 18.5 Å². The van der Waals surface area contributed by atoms with E-state index in [2.05, 4.69) is 0 Å². The maximum Gasteiger partial charge on any atom is 0.199 e. The number of hydrogen-bond donors (Lipinski definition) is 0. The predicted octanol–water partition coefficient (Wildman–Crippen LogP) is 2.54. The zero-order valence-corrected chi connectivity index (χ0v) is 7.43. The highest BCUT2D eigenvalue weighted by Gasteiger charge is 2.46. The molecule has 2 unspecified atom stereocenters. The smallest absolute Gasteiger partial charge is 0.199 e. The van der Waals surface area contributed by atoms with Crippen molar-refractivity contribution in [2.45, 2.75) is 6.23 Å². The highest BCUT2D eigenvalue weighted by Crippen LogP contribution is 2.52. The number of rotatable bonds is 0. The molecule has 0 aliphatic carbocycles. The second-order valence-electron chi connectivity index (χ2n) is 2.58. The van der Waals surface area contributed by atoms with Crippen LogP contribution in [0.15, 0.2) is 18.2 Å². The summed E-state index contributed by atoms with van der Waals surface area (Å²) < 4.78 is 6.97. The molecule has 0 bridgehead atoms. The molecule has 1 saturated heterocycles. The molecule has 0 radical (unpaired) electrons. The summed E-state index contributed by atoms with van der Waals surface area (Å²) in [5.74, 6) is 0.836. The number of fused-ring (bicyclic) bond motifs is 3. The first kappa shape index (κ1) is 7.03. The summed E-state index contributed by atoms with van der Waals surface area (Å²) in [6, 6.07) is 5.52. The molecule has 5 heteroatoms. The molecule has 12 heavy (non-hydrogen) atoms. The van der Waals surface area contributed by atoms with E-state index >= 15 is 0 Å². The summed E-state index contributed by atoms with van der Waals surface area (Å²) in [6.07, 6.45) is 0.0393. The van der Waals surface area contributed by atoms with E-state index in [1.54, 1.807) is 10.5 Å². The van der Waals surface area contributed by atoms with Crippen LogP contribution in [-0.2, 0) is 4.84 Å². The van der Waals surface area contributed by atoms with Gasteiger partial charge >= 0.3 is 0 Å².